The molecular weight excluding hydrogens is 472 g/mol. The fourth-order valence-electron chi connectivity index (χ4n) is 2.82. The SMILES string of the molecule is O=C1S/C(=C\c2ccc(-c3ccc(F)c(Cl)c3)o2)C(=O)N1Cc1ccc(Cl)c(Cl)c1. The van der Waals surface area contributed by atoms with Crippen molar-refractivity contribution < 1.29 is 18.4 Å². The zero-order valence-electron chi connectivity index (χ0n) is 15.0. The number of thioether (sulfide) groups is 1. The molecule has 0 aliphatic carbocycles. The lowest BCUT2D eigenvalue weighted by molar-refractivity contribution is -0.123. The molecule has 2 aromatic carbocycles. The van der Waals surface area contributed by atoms with Gasteiger partial charge < -0.3 is 4.42 Å². The smallest absolute Gasteiger partial charge is 0.293 e. The third-order valence-corrected chi connectivity index (χ3v) is 6.24. The van der Waals surface area contributed by atoms with Gasteiger partial charge in [-0.05, 0) is 59.8 Å². The summed E-state index contributed by atoms with van der Waals surface area (Å²) in [5.74, 6) is -0.120. The monoisotopic (exact) mass is 481 g/mol. The van der Waals surface area contributed by atoms with Crippen LogP contribution < -0.4 is 0 Å². The predicted molar refractivity (Wildman–Crippen MR) is 117 cm³/mol. The minimum absolute atomic E-state index is 0.0196. The van der Waals surface area contributed by atoms with Gasteiger partial charge in [0.2, 0.25) is 0 Å². The fourth-order valence-corrected chi connectivity index (χ4v) is 4.14. The maximum atomic E-state index is 13.3. The van der Waals surface area contributed by atoms with Crippen LogP contribution in [0.25, 0.3) is 17.4 Å². The first-order valence-corrected chi connectivity index (χ1v) is 10.5. The normalized spacial score (nSPS) is 15.5. The Morgan fingerprint density at radius 3 is 2.50 bits per heavy atom. The van der Waals surface area contributed by atoms with Crippen LogP contribution in [0.4, 0.5) is 9.18 Å². The summed E-state index contributed by atoms with van der Waals surface area (Å²) >= 11 is 18.5. The first-order valence-electron chi connectivity index (χ1n) is 8.56. The van der Waals surface area contributed by atoms with E-state index in [0.717, 1.165) is 16.7 Å². The number of hydrogen-bond donors (Lipinski definition) is 0. The second kappa shape index (κ2) is 8.47. The van der Waals surface area contributed by atoms with E-state index in [0.29, 0.717) is 32.7 Å². The summed E-state index contributed by atoms with van der Waals surface area (Å²) in [6, 6.07) is 12.5. The molecule has 0 bridgehead atoms. The molecule has 1 aromatic heterocycles. The summed E-state index contributed by atoms with van der Waals surface area (Å²) in [5, 5.41) is 0.328. The molecule has 2 heterocycles. The first kappa shape index (κ1) is 21.0. The number of hydrogen-bond acceptors (Lipinski definition) is 4. The molecule has 1 aliphatic heterocycles. The standard InChI is InChI=1S/C21H11Cl3FNO3S/c22-14-4-1-11(7-15(14)23)10-26-20(27)19(30-21(26)28)9-13-3-6-18(29-13)12-2-5-17(25)16(24)8-12/h1-9H,10H2/b19-9-. The largest absolute Gasteiger partial charge is 0.457 e. The molecule has 4 nitrogen and oxygen atoms in total. The molecule has 152 valence electrons. The maximum absolute atomic E-state index is 13.3. The van der Waals surface area contributed by atoms with Gasteiger partial charge in [-0.25, -0.2) is 4.39 Å². The lowest BCUT2D eigenvalue weighted by atomic mass is 10.2. The van der Waals surface area contributed by atoms with Crippen LogP contribution in [0.15, 0.2) is 57.9 Å². The number of nitrogens with zero attached hydrogens (tertiary/aromatic N) is 1. The minimum Gasteiger partial charge on any atom is -0.457 e. The minimum atomic E-state index is -0.525. The molecule has 1 saturated heterocycles. The molecular formula is C21H11Cl3FNO3S. The summed E-state index contributed by atoms with van der Waals surface area (Å²) in [6.07, 6.45) is 1.49. The Kier molecular flexibility index (Phi) is 5.93. The quantitative estimate of drug-likeness (QED) is 0.367. The highest BCUT2D eigenvalue weighted by Crippen LogP contribution is 2.35. The summed E-state index contributed by atoms with van der Waals surface area (Å²) in [7, 11) is 0. The summed E-state index contributed by atoms with van der Waals surface area (Å²) in [6.45, 7) is 0.0797. The molecule has 0 saturated carbocycles. The zero-order chi connectivity index (χ0) is 21.4. The van der Waals surface area contributed by atoms with Crippen LogP contribution in [-0.4, -0.2) is 16.0 Å². The number of halogens is 4. The van der Waals surface area contributed by atoms with Crippen LogP contribution >= 0.6 is 46.6 Å². The number of amides is 2. The Labute approximate surface area is 190 Å². The molecule has 0 radical (unpaired) electrons. The molecule has 9 heteroatoms. The van der Waals surface area contributed by atoms with Crippen molar-refractivity contribution >= 4 is 63.8 Å². The van der Waals surface area contributed by atoms with Crippen molar-refractivity contribution in [3.63, 3.8) is 0 Å². The van der Waals surface area contributed by atoms with Crippen molar-refractivity contribution in [2.75, 3.05) is 0 Å². The number of benzene rings is 2. The molecule has 0 spiro atoms. The lowest BCUT2D eigenvalue weighted by Gasteiger charge is -2.12. The highest BCUT2D eigenvalue weighted by molar-refractivity contribution is 8.18. The first-order chi connectivity index (χ1) is 14.3. The molecule has 0 N–H and O–H groups in total. The Hall–Kier alpha value is -2.25. The molecule has 0 unspecified atom stereocenters. The van der Waals surface area contributed by atoms with Gasteiger partial charge in [0.25, 0.3) is 11.1 Å². The van der Waals surface area contributed by atoms with Crippen molar-refractivity contribution in [1.82, 2.24) is 4.90 Å². The van der Waals surface area contributed by atoms with Crippen LogP contribution in [0.3, 0.4) is 0 Å². The van der Waals surface area contributed by atoms with Gasteiger partial charge in [-0.3, -0.25) is 14.5 Å². The second-order valence-electron chi connectivity index (χ2n) is 6.35. The third kappa shape index (κ3) is 4.27. The van der Waals surface area contributed by atoms with Crippen LogP contribution in [0.5, 0.6) is 0 Å². The van der Waals surface area contributed by atoms with Gasteiger partial charge in [0, 0.05) is 11.6 Å². The maximum Gasteiger partial charge on any atom is 0.293 e. The van der Waals surface area contributed by atoms with E-state index >= 15 is 0 Å². The molecule has 2 amide bonds. The predicted octanol–water partition coefficient (Wildman–Crippen LogP) is 7.28. The van der Waals surface area contributed by atoms with Crippen molar-refractivity contribution in [2.24, 2.45) is 0 Å². The van der Waals surface area contributed by atoms with Crippen LogP contribution in [-0.2, 0) is 11.3 Å². The van der Waals surface area contributed by atoms with E-state index in [1.54, 1.807) is 30.3 Å². The van der Waals surface area contributed by atoms with E-state index in [4.69, 9.17) is 39.2 Å². The van der Waals surface area contributed by atoms with Gasteiger partial charge in [-0.1, -0.05) is 40.9 Å². The van der Waals surface area contributed by atoms with Gasteiger partial charge in [-0.2, -0.15) is 0 Å². The van der Waals surface area contributed by atoms with E-state index in [9.17, 15) is 14.0 Å². The van der Waals surface area contributed by atoms with E-state index in [2.05, 4.69) is 0 Å². The van der Waals surface area contributed by atoms with Crippen LogP contribution in [0.2, 0.25) is 15.1 Å². The number of imide groups is 1. The summed E-state index contributed by atoms with van der Waals surface area (Å²) < 4.78 is 19.0. The fraction of sp³-hybridized carbons (Fsp3) is 0.0476. The Morgan fingerprint density at radius 1 is 0.967 bits per heavy atom. The summed E-state index contributed by atoms with van der Waals surface area (Å²) in [4.78, 5) is 26.4. The molecule has 0 atom stereocenters. The van der Waals surface area contributed by atoms with Gasteiger partial charge in [0.15, 0.2) is 0 Å². The number of carbonyl (C=O) groups is 2. The van der Waals surface area contributed by atoms with Crippen LogP contribution in [0.1, 0.15) is 11.3 Å². The molecule has 1 fully saturated rings. The number of carbonyl (C=O) groups excluding carboxylic acids is 2. The number of rotatable bonds is 4. The van der Waals surface area contributed by atoms with E-state index in [1.807, 2.05) is 0 Å². The molecule has 3 aromatic rings. The van der Waals surface area contributed by atoms with E-state index in [-0.39, 0.29) is 16.5 Å². The molecule has 30 heavy (non-hydrogen) atoms. The average molecular weight is 483 g/mol. The second-order valence-corrected chi connectivity index (χ2v) is 8.56. The molecule has 4 rings (SSSR count). The van der Waals surface area contributed by atoms with Gasteiger partial charge in [0.05, 0.1) is 26.5 Å². The zero-order valence-corrected chi connectivity index (χ0v) is 18.1. The number of furan rings is 1. The van der Waals surface area contributed by atoms with Crippen molar-refractivity contribution in [1.29, 1.82) is 0 Å². The third-order valence-electron chi connectivity index (χ3n) is 4.30. The van der Waals surface area contributed by atoms with Gasteiger partial charge in [0.1, 0.15) is 17.3 Å². The van der Waals surface area contributed by atoms with Crippen LogP contribution in [0, 0.1) is 5.82 Å². The van der Waals surface area contributed by atoms with Crippen molar-refractivity contribution in [2.45, 2.75) is 6.54 Å². The van der Waals surface area contributed by atoms with Gasteiger partial charge in [-0.15, -0.1) is 0 Å². The van der Waals surface area contributed by atoms with Crippen molar-refractivity contribution in [3.8, 4) is 11.3 Å². The van der Waals surface area contributed by atoms with Gasteiger partial charge >= 0.3 is 0 Å². The Bertz CT molecular complexity index is 1210. The highest BCUT2D eigenvalue weighted by atomic mass is 35.5. The van der Waals surface area contributed by atoms with E-state index in [1.165, 1.54) is 24.3 Å². The Balaban J connectivity index is 1.54. The summed E-state index contributed by atoms with van der Waals surface area (Å²) in [5.41, 5.74) is 1.27. The van der Waals surface area contributed by atoms with Crippen molar-refractivity contribution in [3.05, 3.63) is 85.6 Å². The molecule has 1 aliphatic rings. The Morgan fingerprint density at radius 2 is 1.77 bits per heavy atom. The topological polar surface area (TPSA) is 50.5 Å². The average Bonchev–Trinajstić information content (AvgIpc) is 3.27. The highest BCUT2D eigenvalue weighted by Gasteiger charge is 2.35. The van der Waals surface area contributed by atoms with E-state index < -0.39 is 17.0 Å². The lowest BCUT2D eigenvalue weighted by Crippen LogP contribution is -2.27.